The fourth-order valence-corrected chi connectivity index (χ4v) is 4.98. The van der Waals surface area contributed by atoms with Gasteiger partial charge in [0.05, 0.1) is 18.0 Å². The van der Waals surface area contributed by atoms with E-state index in [1.54, 1.807) is 12.1 Å². The first-order chi connectivity index (χ1) is 13.8. The number of nitrogens with zero attached hydrogens (tertiary/aromatic N) is 2. The van der Waals surface area contributed by atoms with Crippen molar-refractivity contribution in [2.24, 2.45) is 0 Å². The Morgan fingerprint density at radius 2 is 1.97 bits per heavy atom. The molecule has 2 atom stereocenters. The Kier molecular flexibility index (Phi) is 5.27. The van der Waals surface area contributed by atoms with Gasteiger partial charge in [0.2, 0.25) is 10.0 Å². The van der Waals surface area contributed by atoms with Crippen molar-refractivity contribution in [1.82, 2.24) is 14.5 Å². The predicted octanol–water partition coefficient (Wildman–Crippen LogP) is 3.65. The van der Waals surface area contributed by atoms with E-state index in [1.807, 2.05) is 41.9 Å². The largest absolute Gasteiger partial charge is 0.264 e. The summed E-state index contributed by atoms with van der Waals surface area (Å²) in [6.07, 6.45) is 3.28. The summed E-state index contributed by atoms with van der Waals surface area (Å²) in [5, 5.41) is 4.63. The van der Waals surface area contributed by atoms with Crippen LogP contribution in [0.15, 0.2) is 54.6 Å². The Morgan fingerprint density at radius 3 is 2.72 bits per heavy atom. The van der Waals surface area contributed by atoms with Crippen LogP contribution in [-0.4, -0.2) is 30.5 Å². The molecule has 5 nitrogen and oxygen atoms in total. The molecule has 2 aromatic carbocycles. The van der Waals surface area contributed by atoms with Crippen LogP contribution in [0.1, 0.15) is 29.4 Å². The molecule has 3 aromatic rings. The molecule has 0 spiro atoms. The lowest BCUT2D eigenvalue weighted by Gasteiger charge is -2.33. The van der Waals surface area contributed by atoms with Gasteiger partial charge >= 0.3 is 0 Å². The number of halogens is 1. The van der Waals surface area contributed by atoms with Crippen LogP contribution in [0.4, 0.5) is 4.39 Å². The Bertz CT molecular complexity index is 1140. The number of nitrogens with one attached hydrogen (secondary N) is 1. The van der Waals surface area contributed by atoms with Crippen LogP contribution in [0, 0.1) is 12.7 Å². The molecule has 2 heterocycles. The molecular formula is C22H24FN3O2S. The van der Waals surface area contributed by atoms with Crippen molar-refractivity contribution in [1.29, 1.82) is 0 Å². The summed E-state index contributed by atoms with van der Waals surface area (Å²) in [5.74, 6) is -0.260. The monoisotopic (exact) mass is 413 g/mol. The first kappa shape index (κ1) is 19.8. The number of benzene rings is 2. The molecule has 29 heavy (non-hydrogen) atoms. The van der Waals surface area contributed by atoms with Crippen molar-refractivity contribution in [2.75, 3.05) is 6.26 Å². The Morgan fingerprint density at radius 1 is 1.17 bits per heavy atom. The van der Waals surface area contributed by atoms with Crippen LogP contribution < -0.4 is 4.72 Å². The van der Waals surface area contributed by atoms with Gasteiger partial charge in [-0.2, -0.15) is 5.10 Å². The second-order valence-corrected chi connectivity index (χ2v) is 9.49. The zero-order valence-electron chi connectivity index (χ0n) is 16.5. The summed E-state index contributed by atoms with van der Waals surface area (Å²) in [4.78, 5) is 0. The second kappa shape index (κ2) is 7.72. The van der Waals surface area contributed by atoms with Gasteiger partial charge < -0.3 is 0 Å². The number of rotatable bonds is 5. The van der Waals surface area contributed by atoms with Crippen LogP contribution in [0.5, 0.6) is 0 Å². The van der Waals surface area contributed by atoms with Gasteiger partial charge in [-0.1, -0.05) is 42.5 Å². The van der Waals surface area contributed by atoms with Gasteiger partial charge in [0.25, 0.3) is 0 Å². The third-order valence-corrected chi connectivity index (χ3v) is 6.08. The molecule has 0 fully saturated rings. The third kappa shape index (κ3) is 4.41. The fourth-order valence-electron chi connectivity index (χ4n) is 4.15. The molecule has 0 amide bonds. The standard InChI is InChI=1S/C22H24FN3O2S/c1-15-12-18-10-11-21(25-29(2,27)28)22(26(18)24-15)14-16-6-5-7-17(13-16)19-8-3-4-9-20(19)23/h3-9,12-13,21-22,25H,10-11,14H2,1-2H3/t21-,22-/m0/s1. The average Bonchev–Trinajstić information content (AvgIpc) is 3.04. The molecule has 0 saturated heterocycles. The number of hydrogen-bond acceptors (Lipinski definition) is 3. The molecular weight excluding hydrogens is 389 g/mol. The van der Waals surface area contributed by atoms with Crippen LogP contribution in [0.3, 0.4) is 0 Å². The Labute approximate surface area is 170 Å². The van der Waals surface area contributed by atoms with Gasteiger partial charge in [-0.05, 0) is 49.4 Å². The predicted molar refractivity (Wildman–Crippen MR) is 112 cm³/mol. The van der Waals surface area contributed by atoms with Crippen LogP contribution in [0.2, 0.25) is 0 Å². The number of aryl methyl sites for hydroxylation is 2. The highest BCUT2D eigenvalue weighted by atomic mass is 32.2. The highest BCUT2D eigenvalue weighted by Crippen LogP contribution is 2.31. The van der Waals surface area contributed by atoms with Crippen LogP contribution >= 0.6 is 0 Å². The topological polar surface area (TPSA) is 64.0 Å². The number of fused-ring (bicyclic) bond motifs is 1. The lowest BCUT2D eigenvalue weighted by Crippen LogP contribution is -2.45. The molecule has 1 aliphatic heterocycles. The van der Waals surface area contributed by atoms with E-state index in [1.165, 1.54) is 12.3 Å². The van der Waals surface area contributed by atoms with Gasteiger partial charge in [0.15, 0.2) is 0 Å². The van der Waals surface area contributed by atoms with Gasteiger partial charge in [-0.15, -0.1) is 0 Å². The molecule has 1 aromatic heterocycles. The van der Waals surface area contributed by atoms with E-state index in [-0.39, 0.29) is 17.9 Å². The van der Waals surface area contributed by atoms with E-state index in [0.29, 0.717) is 12.0 Å². The van der Waals surface area contributed by atoms with E-state index in [2.05, 4.69) is 15.9 Å². The van der Waals surface area contributed by atoms with Crippen molar-refractivity contribution in [3.63, 3.8) is 0 Å². The quantitative estimate of drug-likeness (QED) is 0.695. The first-order valence-electron chi connectivity index (χ1n) is 9.66. The number of hydrogen-bond donors (Lipinski definition) is 1. The van der Waals surface area contributed by atoms with Crippen molar-refractivity contribution in [3.8, 4) is 11.1 Å². The fraction of sp³-hybridized carbons (Fsp3) is 0.318. The summed E-state index contributed by atoms with van der Waals surface area (Å²) in [6.45, 7) is 1.94. The van der Waals surface area contributed by atoms with Gasteiger partial charge in [-0.3, -0.25) is 4.68 Å². The molecule has 1 aliphatic rings. The molecule has 0 unspecified atom stereocenters. The zero-order chi connectivity index (χ0) is 20.6. The maximum atomic E-state index is 14.2. The summed E-state index contributed by atoms with van der Waals surface area (Å²) >= 11 is 0. The van der Waals surface area contributed by atoms with Crippen LogP contribution in [-0.2, 0) is 22.9 Å². The Balaban J connectivity index is 1.69. The van der Waals surface area contributed by atoms with Crippen molar-refractivity contribution >= 4 is 10.0 Å². The molecule has 1 N–H and O–H groups in total. The summed E-state index contributed by atoms with van der Waals surface area (Å²) in [6, 6.07) is 16.1. The minimum atomic E-state index is -3.34. The zero-order valence-corrected chi connectivity index (χ0v) is 17.3. The lowest BCUT2D eigenvalue weighted by molar-refractivity contribution is 0.299. The third-order valence-electron chi connectivity index (χ3n) is 5.35. The van der Waals surface area contributed by atoms with E-state index in [4.69, 9.17) is 0 Å². The maximum Gasteiger partial charge on any atom is 0.209 e. The van der Waals surface area contributed by atoms with Crippen molar-refractivity contribution < 1.29 is 12.8 Å². The molecule has 152 valence electrons. The lowest BCUT2D eigenvalue weighted by atomic mass is 9.91. The average molecular weight is 414 g/mol. The van der Waals surface area contributed by atoms with E-state index in [0.717, 1.165) is 35.4 Å². The molecule has 0 aliphatic carbocycles. The highest BCUT2D eigenvalue weighted by molar-refractivity contribution is 7.88. The highest BCUT2D eigenvalue weighted by Gasteiger charge is 2.32. The minimum Gasteiger partial charge on any atom is -0.264 e. The molecule has 0 bridgehead atoms. The minimum absolute atomic E-state index is 0.141. The summed E-state index contributed by atoms with van der Waals surface area (Å²) in [7, 11) is -3.34. The molecule has 0 radical (unpaired) electrons. The second-order valence-electron chi connectivity index (χ2n) is 7.71. The summed E-state index contributed by atoms with van der Waals surface area (Å²) in [5.41, 5.74) is 4.41. The normalized spacial score (nSPS) is 19.1. The van der Waals surface area contributed by atoms with Gasteiger partial charge in [0.1, 0.15) is 5.82 Å². The van der Waals surface area contributed by atoms with Crippen molar-refractivity contribution in [3.05, 3.63) is 77.4 Å². The smallest absolute Gasteiger partial charge is 0.209 e. The van der Waals surface area contributed by atoms with Crippen LogP contribution in [0.25, 0.3) is 11.1 Å². The van der Waals surface area contributed by atoms with E-state index < -0.39 is 10.0 Å². The van der Waals surface area contributed by atoms with Gasteiger partial charge in [0, 0.05) is 17.3 Å². The first-order valence-corrected chi connectivity index (χ1v) is 11.6. The number of sulfonamides is 1. The number of aromatic nitrogens is 2. The van der Waals surface area contributed by atoms with E-state index in [9.17, 15) is 12.8 Å². The summed E-state index contributed by atoms with van der Waals surface area (Å²) < 4.78 is 42.8. The molecule has 0 saturated carbocycles. The Hall–Kier alpha value is -2.51. The van der Waals surface area contributed by atoms with E-state index >= 15 is 0 Å². The maximum absolute atomic E-state index is 14.2. The molecule has 4 rings (SSSR count). The van der Waals surface area contributed by atoms with Gasteiger partial charge in [-0.25, -0.2) is 17.5 Å². The van der Waals surface area contributed by atoms with Crippen molar-refractivity contribution in [2.45, 2.75) is 38.3 Å². The SMILES string of the molecule is Cc1cc2n(n1)[C@@H](Cc1cccc(-c3ccccc3F)c1)[C@@H](NS(C)(=O)=O)CC2. The molecule has 7 heteroatoms.